The molecular weight excluding hydrogens is 364 g/mol. The number of nitrogens with one attached hydrogen (secondary N) is 1. The molecule has 0 aliphatic rings. The van der Waals surface area contributed by atoms with Gasteiger partial charge in [0.1, 0.15) is 23.0 Å². The highest BCUT2D eigenvalue weighted by Crippen LogP contribution is 2.40. The van der Waals surface area contributed by atoms with Crippen LogP contribution in [0.3, 0.4) is 0 Å². The minimum Gasteiger partial charge on any atom is -0.480 e. The fourth-order valence-corrected chi connectivity index (χ4v) is 3.94. The number of hydrogen-bond acceptors (Lipinski definition) is 6. The molecule has 0 saturated heterocycles. The highest BCUT2D eigenvalue weighted by Gasteiger charge is 2.22. The van der Waals surface area contributed by atoms with Gasteiger partial charge >= 0.3 is 5.97 Å². The van der Waals surface area contributed by atoms with Crippen LogP contribution in [0.4, 0.5) is 5.82 Å². The number of nitrogens with zero attached hydrogens (tertiary/aromatic N) is 2. The number of carboxylic acids is 1. The average molecular weight is 384 g/mol. The van der Waals surface area contributed by atoms with Gasteiger partial charge in [-0.15, -0.1) is 11.3 Å². The molecule has 1 unspecified atom stereocenters. The van der Waals surface area contributed by atoms with Crippen LogP contribution in [0.5, 0.6) is 0 Å². The smallest absolute Gasteiger partial charge is 0.326 e. The van der Waals surface area contributed by atoms with Crippen LogP contribution in [0.15, 0.2) is 30.6 Å². The van der Waals surface area contributed by atoms with Crippen molar-refractivity contribution >= 4 is 39.2 Å². The van der Waals surface area contributed by atoms with Crippen molar-refractivity contribution < 1.29 is 14.7 Å². The number of fused-ring (bicyclic) bond motifs is 1. The lowest BCUT2D eigenvalue weighted by atomic mass is 10.0. The summed E-state index contributed by atoms with van der Waals surface area (Å²) in [6.07, 6.45) is 1.47. The van der Waals surface area contributed by atoms with Gasteiger partial charge in [0.25, 0.3) is 0 Å². The van der Waals surface area contributed by atoms with E-state index >= 15 is 0 Å². The second-order valence-corrected chi connectivity index (χ2v) is 7.55. The summed E-state index contributed by atoms with van der Waals surface area (Å²) in [7, 11) is 0. The Morgan fingerprint density at radius 1 is 1.22 bits per heavy atom. The molecule has 0 saturated carbocycles. The average Bonchev–Trinajstić information content (AvgIpc) is 2.95. The second-order valence-electron chi connectivity index (χ2n) is 6.34. The maximum atomic E-state index is 11.6. The zero-order valence-corrected chi connectivity index (χ0v) is 15.8. The van der Waals surface area contributed by atoms with E-state index in [1.807, 2.05) is 38.1 Å². The zero-order chi connectivity index (χ0) is 19.6. The molecule has 0 aliphatic heterocycles. The normalized spacial score (nSPS) is 12.1. The van der Waals surface area contributed by atoms with Crippen molar-refractivity contribution in [2.24, 2.45) is 5.73 Å². The quantitative estimate of drug-likeness (QED) is 0.576. The van der Waals surface area contributed by atoms with E-state index in [9.17, 15) is 14.7 Å². The number of rotatable bonds is 7. The van der Waals surface area contributed by atoms with E-state index in [-0.39, 0.29) is 12.8 Å². The Kier molecular flexibility index (Phi) is 5.36. The first-order chi connectivity index (χ1) is 12.9. The van der Waals surface area contributed by atoms with Gasteiger partial charge in [0, 0.05) is 16.9 Å². The number of anilines is 1. The summed E-state index contributed by atoms with van der Waals surface area (Å²) in [6, 6.07) is 7.15. The van der Waals surface area contributed by atoms with E-state index in [0.29, 0.717) is 5.82 Å². The van der Waals surface area contributed by atoms with Gasteiger partial charge in [-0.1, -0.05) is 29.8 Å². The summed E-state index contributed by atoms with van der Waals surface area (Å²) >= 11 is 1.53. The maximum absolute atomic E-state index is 11.6. The predicted octanol–water partition coefficient (Wildman–Crippen LogP) is 3.11. The van der Waals surface area contributed by atoms with Crippen molar-refractivity contribution in [1.82, 2.24) is 9.97 Å². The first-order valence-corrected chi connectivity index (χ1v) is 9.27. The van der Waals surface area contributed by atoms with Crippen molar-refractivity contribution in [3.63, 3.8) is 0 Å². The standard InChI is InChI=1S/C19H20N4O3S/c1-10-3-5-12(6-4-10)15-11(2)27-18-16(15)17(21-9-22-18)23-13(19(25)26)7-8-14(20)24/h3-6,9,13H,7-8H2,1-2H3,(H2,20,24)(H,25,26)(H,21,22,23). The molecule has 1 aromatic carbocycles. The highest BCUT2D eigenvalue weighted by molar-refractivity contribution is 7.19. The summed E-state index contributed by atoms with van der Waals surface area (Å²) in [6.45, 7) is 4.03. The van der Waals surface area contributed by atoms with Crippen LogP contribution >= 0.6 is 11.3 Å². The highest BCUT2D eigenvalue weighted by atomic mass is 32.1. The van der Waals surface area contributed by atoms with Gasteiger partial charge in [-0.2, -0.15) is 0 Å². The molecule has 3 rings (SSSR count). The number of benzene rings is 1. The van der Waals surface area contributed by atoms with Crippen LogP contribution in [0.2, 0.25) is 0 Å². The number of carboxylic acid groups (broad SMARTS) is 1. The van der Waals surface area contributed by atoms with Gasteiger partial charge in [0.15, 0.2) is 0 Å². The van der Waals surface area contributed by atoms with Crippen molar-refractivity contribution in [2.45, 2.75) is 32.7 Å². The predicted molar refractivity (Wildman–Crippen MR) is 106 cm³/mol. The van der Waals surface area contributed by atoms with Crippen LogP contribution in [0.1, 0.15) is 23.3 Å². The van der Waals surface area contributed by atoms with Crippen molar-refractivity contribution in [3.8, 4) is 11.1 Å². The molecule has 3 aromatic rings. The number of aromatic nitrogens is 2. The molecule has 2 aromatic heterocycles. The minimum atomic E-state index is -1.06. The summed E-state index contributed by atoms with van der Waals surface area (Å²) in [4.78, 5) is 33.1. The Bertz CT molecular complexity index is 998. The molecular formula is C19H20N4O3S. The number of hydrogen-bond donors (Lipinski definition) is 3. The third-order valence-electron chi connectivity index (χ3n) is 4.29. The Morgan fingerprint density at radius 2 is 1.93 bits per heavy atom. The second kappa shape index (κ2) is 7.71. The number of nitrogens with two attached hydrogens (primary N) is 1. The molecule has 0 spiro atoms. The lowest BCUT2D eigenvalue weighted by molar-refractivity contribution is -0.138. The summed E-state index contributed by atoms with van der Waals surface area (Å²) in [5.74, 6) is -1.16. The molecule has 0 bridgehead atoms. The molecule has 1 atom stereocenters. The number of aliphatic carboxylic acids is 1. The topological polar surface area (TPSA) is 118 Å². The Hall–Kier alpha value is -3.00. The van der Waals surface area contributed by atoms with E-state index in [1.165, 1.54) is 17.7 Å². The third-order valence-corrected chi connectivity index (χ3v) is 5.31. The van der Waals surface area contributed by atoms with E-state index < -0.39 is 17.9 Å². The third kappa shape index (κ3) is 4.06. The van der Waals surface area contributed by atoms with Crippen molar-refractivity contribution in [2.75, 3.05) is 5.32 Å². The maximum Gasteiger partial charge on any atom is 0.326 e. The van der Waals surface area contributed by atoms with Crippen LogP contribution in [0, 0.1) is 13.8 Å². The van der Waals surface area contributed by atoms with E-state index in [0.717, 1.165) is 31.8 Å². The van der Waals surface area contributed by atoms with Crippen LogP contribution < -0.4 is 11.1 Å². The number of amides is 1. The SMILES string of the molecule is Cc1ccc(-c2c(C)sc3ncnc(NC(CCC(N)=O)C(=O)O)c23)cc1. The van der Waals surface area contributed by atoms with E-state index in [1.54, 1.807) is 0 Å². The van der Waals surface area contributed by atoms with Gasteiger partial charge in [0.2, 0.25) is 5.91 Å². The van der Waals surface area contributed by atoms with Gasteiger partial charge in [0.05, 0.1) is 5.39 Å². The molecule has 27 heavy (non-hydrogen) atoms. The first-order valence-electron chi connectivity index (χ1n) is 8.45. The molecule has 8 heteroatoms. The van der Waals surface area contributed by atoms with Gasteiger partial charge < -0.3 is 16.2 Å². The first kappa shape index (κ1) is 18.8. The molecule has 0 radical (unpaired) electrons. The van der Waals surface area contributed by atoms with Crippen LogP contribution in [0.25, 0.3) is 21.3 Å². The van der Waals surface area contributed by atoms with Crippen LogP contribution in [-0.2, 0) is 9.59 Å². The zero-order valence-electron chi connectivity index (χ0n) is 15.0. The Labute approximate surface area is 160 Å². The fraction of sp³-hybridized carbons (Fsp3) is 0.263. The monoisotopic (exact) mass is 384 g/mol. The van der Waals surface area contributed by atoms with E-state index in [2.05, 4.69) is 15.3 Å². The fourth-order valence-electron chi connectivity index (χ4n) is 2.93. The van der Waals surface area contributed by atoms with Crippen molar-refractivity contribution in [1.29, 1.82) is 0 Å². The van der Waals surface area contributed by atoms with Crippen molar-refractivity contribution in [3.05, 3.63) is 41.0 Å². The number of carbonyl (C=O) groups excluding carboxylic acids is 1. The molecule has 0 aliphatic carbocycles. The van der Waals surface area contributed by atoms with E-state index in [4.69, 9.17) is 5.73 Å². The lowest BCUT2D eigenvalue weighted by Gasteiger charge is -2.15. The largest absolute Gasteiger partial charge is 0.480 e. The number of thiophene rings is 1. The molecule has 140 valence electrons. The van der Waals surface area contributed by atoms with Crippen LogP contribution in [-0.4, -0.2) is 33.0 Å². The molecule has 1 amide bonds. The Balaban J connectivity index is 2.06. The number of carbonyl (C=O) groups is 2. The minimum absolute atomic E-state index is 0.0221. The summed E-state index contributed by atoms with van der Waals surface area (Å²) < 4.78 is 0. The van der Waals surface area contributed by atoms with Gasteiger partial charge in [-0.25, -0.2) is 14.8 Å². The molecule has 4 N–H and O–H groups in total. The number of aryl methyl sites for hydroxylation is 2. The Morgan fingerprint density at radius 3 is 2.56 bits per heavy atom. The molecule has 0 fully saturated rings. The summed E-state index contributed by atoms with van der Waals surface area (Å²) in [5, 5.41) is 13.2. The molecule has 2 heterocycles. The number of primary amides is 1. The molecule has 7 nitrogen and oxygen atoms in total. The summed E-state index contributed by atoms with van der Waals surface area (Å²) in [5.41, 5.74) is 8.32. The van der Waals surface area contributed by atoms with Gasteiger partial charge in [-0.3, -0.25) is 4.79 Å². The lowest BCUT2D eigenvalue weighted by Crippen LogP contribution is -2.31. The van der Waals surface area contributed by atoms with Gasteiger partial charge in [-0.05, 0) is 25.8 Å².